The molecule has 1 aliphatic rings. The van der Waals surface area contributed by atoms with E-state index >= 15 is 0 Å². The fourth-order valence-corrected chi connectivity index (χ4v) is 2.65. The molecule has 2 heterocycles. The van der Waals surface area contributed by atoms with Crippen LogP contribution < -0.4 is 5.73 Å². The highest BCUT2D eigenvalue weighted by Gasteiger charge is 2.31. The first-order valence-electron chi connectivity index (χ1n) is 6.22. The lowest BCUT2D eigenvalue weighted by molar-refractivity contribution is 0.0773. The number of fused-ring (bicyclic) bond motifs is 1. The third-order valence-corrected chi connectivity index (χ3v) is 3.63. The zero-order valence-electron chi connectivity index (χ0n) is 10.7. The third kappa shape index (κ3) is 1.85. The number of carbonyl (C=O) groups is 1. The van der Waals surface area contributed by atoms with Crippen LogP contribution in [0.15, 0.2) is 42.7 Å². The number of nitrogens with zero attached hydrogens (tertiary/aromatic N) is 2. The molecule has 0 bridgehead atoms. The van der Waals surface area contributed by atoms with Gasteiger partial charge >= 0.3 is 0 Å². The van der Waals surface area contributed by atoms with Gasteiger partial charge in [-0.25, -0.2) is 0 Å². The maximum Gasteiger partial charge on any atom is 0.256 e. The number of hydrogen-bond donors (Lipinski definition) is 1. The number of carbonyl (C=O) groups excluding carboxylic acids is 1. The van der Waals surface area contributed by atoms with Crippen molar-refractivity contribution in [3.63, 3.8) is 0 Å². The van der Waals surface area contributed by atoms with Crippen LogP contribution in [0.1, 0.15) is 27.4 Å². The molecule has 2 N–H and O–H groups in total. The summed E-state index contributed by atoms with van der Waals surface area (Å²) in [6, 6.07) is 9.64. The summed E-state index contributed by atoms with van der Waals surface area (Å²) in [5.74, 6) is 0.155. The number of aromatic nitrogens is 1. The zero-order chi connectivity index (χ0) is 13.4. The van der Waals surface area contributed by atoms with Crippen LogP contribution in [0.3, 0.4) is 0 Å². The second-order valence-corrected chi connectivity index (χ2v) is 4.83. The van der Waals surface area contributed by atoms with Gasteiger partial charge < -0.3 is 10.6 Å². The SMILES string of the molecule is CN1CC(c2ccncc2)c2cccc(N)c2C1=O. The van der Waals surface area contributed by atoms with E-state index in [1.54, 1.807) is 23.4 Å². The van der Waals surface area contributed by atoms with Gasteiger partial charge in [-0.15, -0.1) is 0 Å². The molecule has 0 spiro atoms. The molecule has 0 saturated heterocycles. The smallest absolute Gasteiger partial charge is 0.256 e. The van der Waals surface area contributed by atoms with Gasteiger partial charge in [0, 0.05) is 37.6 Å². The molecule has 0 fully saturated rings. The van der Waals surface area contributed by atoms with Gasteiger partial charge in [-0.05, 0) is 29.3 Å². The summed E-state index contributed by atoms with van der Waals surface area (Å²) < 4.78 is 0. The van der Waals surface area contributed by atoms with Gasteiger partial charge in [0.2, 0.25) is 0 Å². The maximum absolute atomic E-state index is 12.2. The highest BCUT2D eigenvalue weighted by molar-refractivity contribution is 6.02. The van der Waals surface area contributed by atoms with Crippen LogP contribution in [0.4, 0.5) is 5.69 Å². The summed E-state index contributed by atoms with van der Waals surface area (Å²) in [5.41, 5.74) is 9.32. The minimum Gasteiger partial charge on any atom is -0.398 e. The summed E-state index contributed by atoms with van der Waals surface area (Å²) in [5, 5.41) is 0. The third-order valence-electron chi connectivity index (χ3n) is 3.63. The standard InChI is InChI=1S/C15H15N3O/c1-18-9-12(10-5-7-17-8-6-10)11-3-2-4-13(16)14(11)15(18)19/h2-8,12H,9,16H2,1H3. The van der Waals surface area contributed by atoms with E-state index in [1.807, 2.05) is 31.3 Å². The normalized spacial score (nSPS) is 18.3. The van der Waals surface area contributed by atoms with E-state index in [9.17, 15) is 4.79 Å². The molecule has 19 heavy (non-hydrogen) atoms. The second kappa shape index (κ2) is 4.39. The van der Waals surface area contributed by atoms with Gasteiger partial charge in [-0.2, -0.15) is 0 Å². The lowest BCUT2D eigenvalue weighted by Gasteiger charge is -2.32. The van der Waals surface area contributed by atoms with E-state index in [0.29, 0.717) is 17.8 Å². The molecular formula is C15H15N3O. The van der Waals surface area contributed by atoms with Crippen LogP contribution in [-0.2, 0) is 0 Å². The molecule has 0 aliphatic carbocycles. The van der Waals surface area contributed by atoms with Crippen molar-refractivity contribution < 1.29 is 4.79 Å². The predicted octanol–water partition coefficient (Wildman–Crippen LogP) is 1.88. The van der Waals surface area contributed by atoms with Crippen LogP contribution in [-0.4, -0.2) is 29.4 Å². The monoisotopic (exact) mass is 253 g/mol. The van der Waals surface area contributed by atoms with Crippen LogP contribution in [0, 0.1) is 0 Å². The molecule has 1 atom stereocenters. The number of nitrogen functional groups attached to an aromatic ring is 1. The molecule has 3 rings (SSSR count). The minimum atomic E-state index is -0.00148. The summed E-state index contributed by atoms with van der Waals surface area (Å²) in [6.07, 6.45) is 3.55. The Bertz CT molecular complexity index is 625. The predicted molar refractivity (Wildman–Crippen MR) is 73.9 cm³/mol. The van der Waals surface area contributed by atoms with Crippen LogP contribution >= 0.6 is 0 Å². The quantitative estimate of drug-likeness (QED) is 0.789. The van der Waals surface area contributed by atoms with Crippen LogP contribution in [0.5, 0.6) is 0 Å². The Morgan fingerprint density at radius 2 is 2.00 bits per heavy atom. The summed E-state index contributed by atoms with van der Waals surface area (Å²) in [7, 11) is 1.81. The van der Waals surface area contributed by atoms with Gasteiger partial charge in [0.15, 0.2) is 0 Å². The van der Waals surface area contributed by atoms with Crippen molar-refractivity contribution in [2.45, 2.75) is 5.92 Å². The lowest BCUT2D eigenvalue weighted by atomic mass is 9.84. The molecule has 1 aromatic carbocycles. The van der Waals surface area contributed by atoms with Crippen molar-refractivity contribution >= 4 is 11.6 Å². The number of hydrogen-bond acceptors (Lipinski definition) is 3. The van der Waals surface area contributed by atoms with Crippen molar-refractivity contribution in [1.82, 2.24) is 9.88 Å². The van der Waals surface area contributed by atoms with Gasteiger partial charge in [-0.3, -0.25) is 9.78 Å². The largest absolute Gasteiger partial charge is 0.398 e. The topological polar surface area (TPSA) is 59.2 Å². The van der Waals surface area contributed by atoms with Crippen molar-refractivity contribution in [1.29, 1.82) is 0 Å². The lowest BCUT2D eigenvalue weighted by Crippen LogP contribution is -2.37. The van der Waals surface area contributed by atoms with Crippen LogP contribution in [0.25, 0.3) is 0 Å². The molecule has 4 nitrogen and oxygen atoms in total. The van der Waals surface area contributed by atoms with Crippen LogP contribution in [0.2, 0.25) is 0 Å². The molecule has 4 heteroatoms. The van der Waals surface area contributed by atoms with Crippen molar-refractivity contribution in [3.8, 4) is 0 Å². The van der Waals surface area contributed by atoms with Gasteiger partial charge in [-0.1, -0.05) is 12.1 Å². The highest BCUT2D eigenvalue weighted by atomic mass is 16.2. The Balaban J connectivity index is 2.17. The van der Waals surface area contributed by atoms with Gasteiger partial charge in [0.25, 0.3) is 5.91 Å². The molecule has 0 radical (unpaired) electrons. The molecule has 96 valence electrons. The number of amides is 1. The average Bonchev–Trinajstić information content (AvgIpc) is 2.43. The zero-order valence-corrected chi connectivity index (χ0v) is 10.7. The van der Waals surface area contributed by atoms with E-state index in [0.717, 1.165) is 11.1 Å². The number of nitrogens with two attached hydrogens (primary N) is 1. The summed E-state index contributed by atoms with van der Waals surface area (Å²) >= 11 is 0. The maximum atomic E-state index is 12.2. The summed E-state index contributed by atoms with van der Waals surface area (Å²) in [6.45, 7) is 0.666. The molecule has 0 saturated carbocycles. The van der Waals surface area contributed by atoms with Gasteiger partial charge in [0.05, 0.1) is 5.56 Å². The first kappa shape index (κ1) is 11.7. The Morgan fingerprint density at radius 1 is 1.26 bits per heavy atom. The first-order chi connectivity index (χ1) is 9.18. The molecule has 1 amide bonds. The fraction of sp³-hybridized carbons (Fsp3) is 0.200. The number of anilines is 1. The fourth-order valence-electron chi connectivity index (χ4n) is 2.65. The Labute approximate surface area is 111 Å². The van der Waals surface area contributed by atoms with Crippen molar-refractivity contribution in [2.75, 3.05) is 19.3 Å². The second-order valence-electron chi connectivity index (χ2n) is 4.83. The minimum absolute atomic E-state index is 0.00148. The summed E-state index contributed by atoms with van der Waals surface area (Å²) in [4.78, 5) is 18.0. The Morgan fingerprint density at radius 3 is 2.74 bits per heavy atom. The molecule has 1 aromatic heterocycles. The molecule has 1 aliphatic heterocycles. The molecule has 2 aromatic rings. The molecular weight excluding hydrogens is 238 g/mol. The van der Waals surface area contributed by atoms with E-state index in [1.165, 1.54) is 0 Å². The number of pyridine rings is 1. The molecule has 1 unspecified atom stereocenters. The van der Waals surface area contributed by atoms with E-state index < -0.39 is 0 Å². The van der Waals surface area contributed by atoms with Gasteiger partial charge in [0.1, 0.15) is 0 Å². The number of likely N-dealkylation sites (N-methyl/N-ethyl adjacent to an activating group) is 1. The van der Waals surface area contributed by atoms with Crippen molar-refractivity contribution in [3.05, 3.63) is 59.4 Å². The average molecular weight is 253 g/mol. The Hall–Kier alpha value is -2.36. The number of rotatable bonds is 1. The number of benzene rings is 1. The van der Waals surface area contributed by atoms with Crippen molar-refractivity contribution in [2.24, 2.45) is 0 Å². The first-order valence-corrected chi connectivity index (χ1v) is 6.22. The highest BCUT2D eigenvalue weighted by Crippen LogP contribution is 2.35. The van der Waals surface area contributed by atoms with E-state index in [2.05, 4.69) is 4.98 Å². The van der Waals surface area contributed by atoms with E-state index in [4.69, 9.17) is 5.73 Å². The van der Waals surface area contributed by atoms with E-state index in [-0.39, 0.29) is 11.8 Å². The Kier molecular flexibility index (Phi) is 2.71.